The van der Waals surface area contributed by atoms with E-state index in [0.717, 1.165) is 28.8 Å². The average Bonchev–Trinajstić information content (AvgIpc) is 3.13. The molecule has 0 radical (unpaired) electrons. The summed E-state index contributed by atoms with van der Waals surface area (Å²) in [6, 6.07) is 17.2. The molecule has 0 bridgehead atoms. The number of carboxylic acids is 1. The molecule has 4 rings (SSSR count). The summed E-state index contributed by atoms with van der Waals surface area (Å²) < 4.78 is 43.7. The summed E-state index contributed by atoms with van der Waals surface area (Å²) in [5.74, 6) is -0.803. The summed E-state index contributed by atoms with van der Waals surface area (Å²) in [5, 5.41) is 8.67. The van der Waals surface area contributed by atoms with Crippen molar-refractivity contribution in [1.29, 1.82) is 0 Å². The number of halogens is 3. The number of fused-ring (bicyclic) bond motifs is 1. The van der Waals surface area contributed by atoms with E-state index in [1.54, 1.807) is 18.2 Å². The number of hydrogen-bond acceptors (Lipinski definition) is 3. The van der Waals surface area contributed by atoms with E-state index in [2.05, 4.69) is 0 Å². The highest BCUT2D eigenvalue weighted by molar-refractivity contribution is 6.10. The Kier molecular flexibility index (Phi) is 6.09. The third-order valence-electron chi connectivity index (χ3n) is 5.54. The van der Waals surface area contributed by atoms with Crippen molar-refractivity contribution in [3.05, 3.63) is 94.5 Å². The van der Waals surface area contributed by atoms with E-state index in [1.807, 2.05) is 24.3 Å². The Bertz CT molecular complexity index is 1170. The van der Waals surface area contributed by atoms with Gasteiger partial charge in [-0.05, 0) is 72.0 Å². The van der Waals surface area contributed by atoms with Crippen LogP contribution in [0.25, 0.3) is 0 Å². The zero-order valence-electron chi connectivity index (χ0n) is 17.4. The van der Waals surface area contributed by atoms with Crippen LogP contribution in [0.1, 0.15) is 32.6 Å². The van der Waals surface area contributed by atoms with Gasteiger partial charge in [-0.3, -0.25) is 4.79 Å². The Morgan fingerprint density at radius 3 is 2.30 bits per heavy atom. The smallest absolute Gasteiger partial charge is 0.416 e. The average molecular weight is 455 g/mol. The molecule has 0 saturated heterocycles. The maximum atomic E-state index is 12.9. The van der Waals surface area contributed by atoms with Crippen LogP contribution in [0.3, 0.4) is 0 Å². The quantitative estimate of drug-likeness (QED) is 0.538. The Morgan fingerprint density at radius 1 is 0.970 bits per heavy atom. The molecule has 5 nitrogen and oxygen atoms in total. The molecule has 1 aliphatic rings. The van der Waals surface area contributed by atoms with Crippen molar-refractivity contribution in [2.75, 3.05) is 11.5 Å². The SMILES string of the molecule is O=C(O)COc1ccc(CCc2cccc3c2CN(c2ccc(C(F)(F)F)cc2)C3=O)cc1. The molecule has 0 aliphatic carbocycles. The van der Waals surface area contributed by atoms with Gasteiger partial charge in [-0.25, -0.2) is 4.79 Å². The molecule has 170 valence electrons. The molecule has 1 aliphatic heterocycles. The lowest BCUT2D eigenvalue weighted by Crippen LogP contribution is -2.23. The number of benzene rings is 3. The van der Waals surface area contributed by atoms with Crippen LogP contribution in [-0.4, -0.2) is 23.6 Å². The van der Waals surface area contributed by atoms with E-state index in [1.165, 1.54) is 17.0 Å². The van der Waals surface area contributed by atoms with Crippen molar-refractivity contribution < 1.29 is 32.6 Å². The molecule has 8 heteroatoms. The highest BCUT2D eigenvalue weighted by Gasteiger charge is 2.32. The summed E-state index contributed by atoms with van der Waals surface area (Å²) in [7, 11) is 0. The molecule has 3 aromatic rings. The number of anilines is 1. The lowest BCUT2D eigenvalue weighted by Gasteiger charge is -2.17. The maximum Gasteiger partial charge on any atom is 0.416 e. The van der Waals surface area contributed by atoms with Crippen molar-refractivity contribution >= 4 is 17.6 Å². The highest BCUT2D eigenvalue weighted by Crippen LogP contribution is 2.34. The molecule has 0 unspecified atom stereocenters. The molecule has 33 heavy (non-hydrogen) atoms. The Hall–Kier alpha value is -3.81. The summed E-state index contributed by atoms with van der Waals surface area (Å²) in [5.41, 5.74) is 3.14. The molecule has 0 atom stereocenters. The van der Waals surface area contributed by atoms with Crippen molar-refractivity contribution in [3.63, 3.8) is 0 Å². The van der Waals surface area contributed by atoms with Gasteiger partial charge in [0, 0.05) is 11.3 Å². The van der Waals surface area contributed by atoms with Gasteiger partial charge in [-0.1, -0.05) is 24.3 Å². The third-order valence-corrected chi connectivity index (χ3v) is 5.54. The molecule has 1 N–H and O–H groups in total. The second-order valence-corrected chi connectivity index (χ2v) is 7.71. The van der Waals surface area contributed by atoms with Crippen molar-refractivity contribution in [2.24, 2.45) is 0 Å². The first kappa shape index (κ1) is 22.4. The van der Waals surface area contributed by atoms with Crippen LogP contribution >= 0.6 is 0 Å². The second-order valence-electron chi connectivity index (χ2n) is 7.71. The molecule has 3 aromatic carbocycles. The number of carbonyl (C=O) groups is 2. The highest BCUT2D eigenvalue weighted by atomic mass is 19.4. The van der Waals surface area contributed by atoms with Gasteiger partial charge in [0.25, 0.3) is 5.91 Å². The molecule has 1 amide bonds. The predicted molar refractivity (Wildman–Crippen MR) is 115 cm³/mol. The van der Waals surface area contributed by atoms with Gasteiger partial charge in [-0.2, -0.15) is 13.2 Å². The number of hydrogen-bond donors (Lipinski definition) is 1. The molecule has 0 saturated carbocycles. The first-order chi connectivity index (χ1) is 15.7. The van der Waals surface area contributed by atoms with Crippen molar-refractivity contribution in [2.45, 2.75) is 25.6 Å². The lowest BCUT2D eigenvalue weighted by molar-refractivity contribution is -0.139. The van der Waals surface area contributed by atoms with E-state index in [0.29, 0.717) is 36.4 Å². The van der Waals surface area contributed by atoms with Crippen LogP contribution in [0.15, 0.2) is 66.7 Å². The minimum absolute atomic E-state index is 0.230. The first-order valence-electron chi connectivity index (χ1n) is 10.3. The zero-order chi connectivity index (χ0) is 23.6. The lowest BCUT2D eigenvalue weighted by atomic mass is 9.97. The number of carbonyl (C=O) groups excluding carboxylic acids is 1. The maximum absolute atomic E-state index is 12.9. The number of nitrogens with zero attached hydrogens (tertiary/aromatic N) is 1. The van der Waals surface area contributed by atoms with Gasteiger partial charge in [-0.15, -0.1) is 0 Å². The molecular weight excluding hydrogens is 435 g/mol. The van der Waals surface area contributed by atoms with Crippen LogP contribution in [0, 0.1) is 0 Å². The third kappa shape index (κ3) is 5.00. The fraction of sp³-hybridized carbons (Fsp3) is 0.200. The number of amides is 1. The predicted octanol–water partition coefficient (Wildman–Crippen LogP) is 5.11. The van der Waals surface area contributed by atoms with E-state index >= 15 is 0 Å². The second kappa shape index (κ2) is 8.97. The van der Waals surface area contributed by atoms with Gasteiger partial charge in [0.05, 0.1) is 12.1 Å². The number of carboxylic acid groups (broad SMARTS) is 1. The van der Waals surface area contributed by atoms with E-state index in [-0.39, 0.29) is 5.91 Å². The van der Waals surface area contributed by atoms with E-state index < -0.39 is 24.3 Å². The normalized spacial score (nSPS) is 13.2. The Balaban J connectivity index is 1.46. The van der Waals surface area contributed by atoms with Gasteiger partial charge in [0.15, 0.2) is 6.61 Å². The molecule has 0 fully saturated rings. The molecule has 1 heterocycles. The summed E-state index contributed by atoms with van der Waals surface area (Å²) in [6.45, 7) is -0.101. The van der Waals surface area contributed by atoms with Crippen LogP contribution in [0.4, 0.5) is 18.9 Å². The number of alkyl halides is 3. The summed E-state index contributed by atoms with van der Waals surface area (Å²) >= 11 is 0. The number of aryl methyl sites for hydroxylation is 2. The molecule has 0 spiro atoms. The largest absolute Gasteiger partial charge is 0.482 e. The van der Waals surface area contributed by atoms with Gasteiger partial charge >= 0.3 is 12.1 Å². The topological polar surface area (TPSA) is 66.8 Å². The molecular formula is C25H20F3NO4. The van der Waals surface area contributed by atoms with Gasteiger partial charge < -0.3 is 14.7 Å². The Morgan fingerprint density at radius 2 is 1.67 bits per heavy atom. The number of rotatable bonds is 7. The zero-order valence-corrected chi connectivity index (χ0v) is 17.4. The summed E-state index contributed by atoms with van der Waals surface area (Å²) in [4.78, 5) is 25.0. The van der Waals surface area contributed by atoms with E-state index in [4.69, 9.17) is 9.84 Å². The minimum Gasteiger partial charge on any atom is -0.482 e. The van der Waals surface area contributed by atoms with Gasteiger partial charge in [0.2, 0.25) is 0 Å². The van der Waals surface area contributed by atoms with E-state index in [9.17, 15) is 22.8 Å². The van der Waals surface area contributed by atoms with Crippen LogP contribution in [-0.2, 0) is 30.4 Å². The standard InChI is InChI=1S/C25H20F3NO4/c26-25(27,28)18-8-10-19(11-9-18)29-14-22-17(2-1-3-21(22)24(29)32)7-4-16-5-12-20(13-6-16)33-15-23(30)31/h1-3,5-6,8-13H,4,7,14-15H2,(H,30,31). The first-order valence-corrected chi connectivity index (χ1v) is 10.3. The van der Waals surface area contributed by atoms with Crippen LogP contribution < -0.4 is 9.64 Å². The minimum atomic E-state index is -4.43. The van der Waals surface area contributed by atoms with Crippen molar-refractivity contribution in [3.8, 4) is 5.75 Å². The van der Waals surface area contributed by atoms with Crippen LogP contribution in [0.2, 0.25) is 0 Å². The summed E-state index contributed by atoms with van der Waals surface area (Å²) in [6.07, 6.45) is -3.05. The molecule has 0 aromatic heterocycles. The number of ether oxygens (including phenoxy) is 1. The monoisotopic (exact) mass is 455 g/mol. The van der Waals surface area contributed by atoms with Gasteiger partial charge in [0.1, 0.15) is 5.75 Å². The Labute approximate surface area is 188 Å². The number of aliphatic carboxylic acids is 1. The van der Waals surface area contributed by atoms with Crippen molar-refractivity contribution in [1.82, 2.24) is 0 Å². The fourth-order valence-electron chi connectivity index (χ4n) is 3.85. The van der Waals surface area contributed by atoms with Crippen LogP contribution in [0.5, 0.6) is 5.75 Å². The fourth-order valence-corrected chi connectivity index (χ4v) is 3.85.